The Labute approximate surface area is 111 Å². The van der Waals surface area contributed by atoms with Gasteiger partial charge in [0.15, 0.2) is 5.16 Å². The molecule has 0 saturated carbocycles. The van der Waals surface area contributed by atoms with E-state index in [9.17, 15) is 4.79 Å². The maximum absolute atomic E-state index is 10.6. The van der Waals surface area contributed by atoms with Gasteiger partial charge in [0.2, 0.25) is 0 Å². The SMILES string of the molecule is CCOCCn1c(SCC(=O)O)nnc1C(C)C. The minimum atomic E-state index is -0.856. The zero-order valence-corrected chi connectivity index (χ0v) is 11.7. The number of carboxylic acid groups (broad SMARTS) is 1. The number of thioether (sulfide) groups is 1. The Morgan fingerprint density at radius 1 is 1.50 bits per heavy atom. The summed E-state index contributed by atoms with van der Waals surface area (Å²) in [6, 6.07) is 0. The molecule has 1 aromatic heterocycles. The third-order valence-electron chi connectivity index (χ3n) is 2.25. The number of carbonyl (C=O) groups is 1. The third kappa shape index (κ3) is 4.30. The molecule has 1 rings (SSSR count). The molecule has 0 unspecified atom stereocenters. The summed E-state index contributed by atoms with van der Waals surface area (Å²) in [6.45, 7) is 7.90. The highest BCUT2D eigenvalue weighted by Crippen LogP contribution is 2.21. The van der Waals surface area contributed by atoms with Crippen LogP contribution in [0.3, 0.4) is 0 Å². The molecule has 102 valence electrons. The first-order valence-electron chi connectivity index (χ1n) is 5.91. The summed E-state index contributed by atoms with van der Waals surface area (Å²) < 4.78 is 7.26. The average Bonchev–Trinajstić information content (AvgIpc) is 2.70. The highest BCUT2D eigenvalue weighted by Gasteiger charge is 2.15. The molecule has 18 heavy (non-hydrogen) atoms. The summed E-state index contributed by atoms with van der Waals surface area (Å²) in [5, 5.41) is 17.5. The van der Waals surface area contributed by atoms with Crippen LogP contribution in [0.5, 0.6) is 0 Å². The normalized spacial score (nSPS) is 11.1. The molecule has 0 atom stereocenters. The van der Waals surface area contributed by atoms with Gasteiger partial charge in [-0.15, -0.1) is 10.2 Å². The topological polar surface area (TPSA) is 77.2 Å². The van der Waals surface area contributed by atoms with Crippen molar-refractivity contribution in [2.24, 2.45) is 0 Å². The van der Waals surface area contributed by atoms with Gasteiger partial charge in [-0.25, -0.2) is 0 Å². The molecule has 0 radical (unpaired) electrons. The lowest BCUT2D eigenvalue weighted by Gasteiger charge is -2.11. The zero-order valence-electron chi connectivity index (χ0n) is 10.9. The molecule has 7 heteroatoms. The van der Waals surface area contributed by atoms with Crippen LogP contribution in [0.2, 0.25) is 0 Å². The average molecular weight is 273 g/mol. The summed E-state index contributed by atoms with van der Waals surface area (Å²) in [7, 11) is 0. The van der Waals surface area contributed by atoms with Crippen molar-refractivity contribution >= 4 is 17.7 Å². The van der Waals surface area contributed by atoms with Crippen LogP contribution in [-0.2, 0) is 16.1 Å². The number of ether oxygens (including phenoxy) is 1. The van der Waals surface area contributed by atoms with Gasteiger partial charge < -0.3 is 14.4 Å². The van der Waals surface area contributed by atoms with E-state index in [0.717, 1.165) is 5.82 Å². The molecule has 0 aliphatic heterocycles. The fourth-order valence-electron chi connectivity index (χ4n) is 1.47. The Balaban J connectivity index is 2.78. The predicted molar refractivity (Wildman–Crippen MR) is 69.0 cm³/mol. The van der Waals surface area contributed by atoms with E-state index in [1.165, 1.54) is 11.8 Å². The van der Waals surface area contributed by atoms with Crippen LogP contribution in [0, 0.1) is 0 Å². The van der Waals surface area contributed by atoms with Crippen molar-refractivity contribution in [1.82, 2.24) is 14.8 Å². The molecule has 6 nitrogen and oxygen atoms in total. The van der Waals surface area contributed by atoms with Crippen LogP contribution in [0.4, 0.5) is 0 Å². The van der Waals surface area contributed by atoms with Crippen LogP contribution in [0.1, 0.15) is 32.5 Å². The van der Waals surface area contributed by atoms with Gasteiger partial charge >= 0.3 is 5.97 Å². The van der Waals surface area contributed by atoms with Gasteiger partial charge in [-0.1, -0.05) is 25.6 Å². The van der Waals surface area contributed by atoms with Gasteiger partial charge in [-0.2, -0.15) is 0 Å². The summed E-state index contributed by atoms with van der Waals surface area (Å²) in [6.07, 6.45) is 0. The van der Waals surface area contributed by atoms with Crippen molar-refractivity contribution in [2.45, 2.75) is 38.4 Å². The Morgan fingerprint density at radius 3 is 2.78 bits per heavy atom. The fourth-order valence-corrected chi connectivity index (χ4v) is 2.16. The second-order valence-corrected chi connectivity index (χ2v) is 4.97. The van der Waals surface area contributed by atoms with Gasteiger partial charge in [0, 0.05) is 19.1 Å². The lowest BCUT2D eigenvalue weighted by atomic mass is 10.2. The quantitative estimate of drug-likeness (QED) is 0.573. The van der Waals surface area contributed by atoms with E-state index in [2.05, 4.69) is 10.2 Å². The summed E-state index contributed by atoms with van der Waals surface area (Å²) in [5.41, 5.74) is 0. The molecule has 0 saturated heterocycles. The molecule has 1 N–H and O–H groups in total. The van der Waals surface area contributed by atoms with Crippen LogP contribution >= 0.6 is 11.8 Å². The number of aromatic nitrogens is 3. The van der Waals surface area contributed by atoms with E-state index in [1.54, 1.807) is 0 Å². The Kier molecular flexibility index (Phi) is 6.14. The standard InChI is InChI=1S/C11H19N3O3S/c1-4-17-6-5-14-10(8(2)3)12-13-11(14)18-7-9(15)16/h8H,4-7H2,1-3H3,(H,15,16). The lowest BCUT2D eigenvalue weighted by Crippen LogP contribution is -2.12. The minimum absolute atomic E-state index is 0.00906. The van der Waals surface area contributed by atoms with Crippen LogP contribution in [0.15, 0.2) is 5.16 Å². The Hall–Kier alpha value is -1.08. The first-order chi connectivity index (χ1) is 8.56. The third-order valence-corrected chi connectivity index (χ3v) is 3.20. The molecular weight excluding hydrogens is 254 g/mol. The van der Waals surface area contributed by atoms with E-state index in [4.69, 9.17) is 9.84 Å². The van der Waals surface area contributed by atoms with Crippen LogP contribution < -0.4 is 0 Å². The number of hydrogen-bond acceptors (Lipinski definition) is 5. The highest BCUT2D eigenvalue weighted by molar-refractivity contribution is 7.99. The van der Waals surface area contributed by atoms with Crippen LogP contribution in [-0.4, -0.2) is 44.8 Å². The predicted octanol–water partition coefficient (Wildman–Crippen LogP) is 1.61. The monoisotopic (exact) mass is 273 g/mol. The maximum Gasteiger partial charge on any atom is 0.313 e. The second kappa shape index (κ2) is 7.38. The second-order valence-electron chi connectivity index (χ2n) is 4.03. The first-order valence-corrected chi connectivity index (χ1v) is 6.90. The van der Waals surface area contributed by atoms with E-state index in [-0.39, 0.29) is 11.7 Å². The van der Waals surface area contributed by atoms with Gasteiger partial charge in [0.05, 0.1) is 12.4 Å². The molecule has 0 fully saturated rings. The number of rotatable bonds is 8. The zero-order chi connectivity index (χ0) is 13.5. The van der Waals surface area contributed by atoms with Gasteiger partial charge in [-0.05, 0) is 6.92 Å². The molecule has 0 bridgehead atoms. The fraction of sp³-hybridized carbons (Fsp3) is 0.727. The molecule has 0 aliphatic carbocycles. The molecule has 0 amide bonds. The highest BCUT2D eigenvalue weighted by atomic mass is 32.2. The Bertz CT molecular complexity index is 393. The molecule has 1 aromatic rings. The lowest BCUT2D eigenvalue weighted by molar-refractivity contribution is -0.133. The van der Waals surface area contributed by atoms with Gasteiger partial charge in [-0.3, -0.25) is 4.79 Å². The molecule has 0 aromatic carbocycles. The number of nitrogens with zero attached hydrogens (tertiary/aromatic N) is 3. The largest absolute Gasteiger partial charge is 0.481 e. The summed E-state index contributed by atoms with van der Waals surface area (Å²) in [5.74, 6) is 0.247. The molecule has 1 heterocycles. The van der Waals surface area contributed by atoms with E-state index >= 15 is 0 Å². The van der Waals surface area contributed by atoms with Crippen LogP contribution in [0.25, 0.3) is 0 Å². The maximum atomic E-state index is 10.6. The van der Waals surface area contributed by atoms with Crippen molar-refractivity contribution in [3.05, 3.63) is 5.82 Å². The number of hydrogen-bond donors (Lipinski definition) is 1. The summed E-state index contributed by atoms with van der Waals surface area (Å²) >= 11 is 1.19. The van der Waals surface area contributed by atoms with Gasteiger partial charge in [0.25, 0.3) is 0 Å². The number of carboxylic acids is 1. The molecule has 0 spiro atoms. The first kappa shape index (κ1) is 15.0. The molecular formula is C11H19N3O3S. The van der Waals surface area contributed by atoms with E-state index < -0.39 is 5.97 Å². The smallest absolute Gasteiger partial charge is 0.313 e. The van der Waals surface area contributed by atoms with Crippen molar-refractivity contribution in [2.75, 3.05) is 19.0 Å². The minimum Gasteiger partial charge on any atom is -0.481 e. The van der Waals surface area contributed by atoms with Crippen molar-refractivity contribution < 1.29 is 14.6 Å². The summed E-state index contributed by atoms with van der Waals surface area (Å²) in [4.78, 5) is 10.6. The van der Waals surface area contributed by atoms with Crippen molar-refractivity contribution in [3.8, 4) is 0 Å². The Morgan fingerprint density at radius 2 is 2.22 bits per heavy atom. The van der Waals surface area contributed by atoms with Crippen molar-refractivity contribution in [1.29, 1.82) is 0 Å². The van der Waals surface area contributed by atoms with E-state index in [1.807, 2.05) is 25.3 Å². The van der Waals surface area contributed by atoms with Crippen molar-refractivity contribution in [3.63, 3.8) is 0 Å². The van der Waals surface area contributed by atoms with Gasteiger partial charge in [0.1, 0.15) is 5.82 Å². The molecule has 0 aliphatic rings. The van der Waals surface area contributed by atoms with E-state index in [0.29, 0.717) is 24.9 Å². The number of aliphatic carboxylic acids is 1.